The monoisotopic (exact) mass is 225 g/mol. The van der Waals surface area contributed by atoms with Gasteiger partial charge in [0.25, 0.3) is 0 Å². The maximum absolute atomic E-state index is 13.5. The maximum atomic E-state index is 13.5. The van der Waals surface area contributed by atoms with Crippen molar-refractivity contribution in [2.45, 2.75) is 12.3 Å². The fraction of sp³-hybridized carbons (Fsp3) is 0.455. The van der Waals surface area contributed by atoms with Gasteiger partial charge in [0.15, 0.2) is 23.1 Å². The van der Waals surface area contributed by atoms with Crippen LogP contribution in [0.5, 0.6) is 17.2 Å². The van der Waals surface area contributed by atoms with Gasteiger partial charge in [-0.05, 0) is 13.0 Å². The fourth-order valence-electron chi connectivity index (χ4n) is 2.31. The van der Waals surface area contributed by atoms with Crippen LogP contribution in [-0.2, 0) is 0 Å². The molecular formula is C11H12FNO3. The van der Waals surface area contributed by atoms with Crippen LogP contribution >= 0.6 is 0 Å². The Morgan fingerprint density at radius 3 is 3.06 bits per heavy atom. The quantitative estimate of drug-likeness (QED) is 0.757. The molecule has 2 aliphatic heterocycles. The molecule has 5 heteroatoms. The Morgan fingerprint density at radius 1 is 1.44 bits per heavy atom. The van der Waals surface area contributed by atoms with Crippen LogP contribution in [0.1, 0.15) is 17.9 Å². The van der Waals surface area contributed by atoms with E-state index in [-0.39, 0.29) is 18.5 Å². The van der Waals surface area contributed by atoms with E-state index in [2.05, 4.69) is 5.32 Å². The predicted octanol–water partition coefficient (Wildman–Crippen LogP) is 1.34. The van der Waals surface area contributed by atoms with Gasteiger partial charge in [-0.1, -0.05) is 0 Å². The van der Waals surface area contributed by atoms with Crippen LogP contribution in [-0.4, -0.2) is 25.0 Å². The molecule has 3 rings (SSSR count). The second-order valence-corrected chi connectivity index (χ2v) is 4.04. The molecule has 1 aromatic carbocycles. The first-order chi connectivity index (χ1) is 7.77. The lowest BCUT2D eigenvalue weighted by Gasteiger charge is -2.14. The molecule has 1 saturated heterocycles. The lowest BCUT2D eigenvalue weighted by molar-refractivity contribution is 0.172. The summed E-state index contributed by atoms with van der Waals surface area (Å²) in [6.07, 6.45) is 0.868. The Bertz CT molecular complexity index is 430. The highest BCUT2D eigenvalue weighted by molar-refractivity contribution is 5.57. The van der Waals surface area contributed by atoms with Crippen molar-refractivity contribution in [2.24, 2.45) is 0 Å². The number of fused-ring (bicyclic) bond motifs is 1. The molecule has 0 aliphatic carbocycles. The second-order valence-electron chi connectivity index (χ2n) is 4.04. The summed E-state index contributed by atoms with van der Waals surface area (Å²) in [5.41, 5.74) is 0.539. The number of hydrogen-bond donors (Lipinski definition) is 2. The van der Waals surface area contributed by atoms with Crippen LogP contribution in [0.15, 0.2) is 6.07 Å². The van der Waals surface area contributed by atoms with Gasteiger partial charge in [-0.2, -0.15) is 0 Å². The van der Waals surface area contributed by atoms with Crippen molar-refractivity contribution in [3.05, 3.63) is 17.4 Å². The maximum Gasteiger partial charge on any atom is 0.231 e. The first-order valence-electron chi connectivity index (χ1n) is 5.29. The largest absolute Gasteiger partial charge is 0.505 e. The summed E-state index contributed by atoms with van der Waals surface area (Å²) >= 11 is 0. The minimum absolute atomic E-state index is 0.0887. The smallest absolute Gasteiger partial charge is 0.231 e. The summed E-state index contributed by atoms with van der Waals surface area (Å²) in [7, 11) is 0. The topological polar surface area (TPSA) is 50.7 Å². The average Bonchev–Trinajstić information content (AvgIpc) is 2.89. The lowest BCUT2D eigenvalue weighted by Crippen LogP contribution is -2.09. The Hall–Kier alpha value is -1.49. The number of aromatic hydroxyl groups is 1. The van der Waals surface area contributed by atoms with Gasteiger partial charge in [0, 0.05) is 24.1 Å². The molecule has 1 atom stereocenters. The number of phenolic OH excluding ortho intramolecular Hbond substituents is 1. The summed E-state index contributed by atoms with van der Waals surface area (Å²) in [5.74, 6) is 0.0139. The van der Waals surface area contributed by atoms with E-state index < -0.39 is 5.82 Å². The van der Waals surface area contributed by atoms with E-state index in [0.717, 1.165) is 19.5 Å². The average molecular weight is 225 g/mol. The number of ether oxygens (including phenoxy) is 2. The van der Waals surface area contributed by atoms with Gasteiger partial charge in [-0.25, -0.2) is 4.39 Å². The minimum Gasteiger partial charge on any atom is -0.505 e. The molecule has 0 radical (unpaired) electrons. The molecule has 0 bridgehead atoms. The van der Waals surface area contributed by atoms with Crippen molar-refractivity contribution in [3.8, 4) is 17.2 Å². The van der Waals surface area contributed by atoms with Crippen molar-refractivity contribution in [3.63, 3.8) is 0 Å². The van der Waals surface area contributed by atoms with Crippen LogP contribution in [0.25, 0.3) is 0 Å². The molecule has 0 amide bonds. The highest BCUT2D eigenvalue weighted by Gasteiger charge is 2.31. The zero-order valence-corrected chi connectivity index (χ0v) is 8.62. The van der Waals surface area contributed by atoms with Gasteiger partial charge >= 0.3 is 0 Å². The Kier molecular flexibility index (Phi) is 2.14. The number of halogens is 1. The van der Waals surface area contributed by atoms with Crippen LogP contribution in [0.2, 0.25) is 0 Å². The van der Waals surface area contributed by atoms with E-state index >= 15 is 0 Å². The summed E-state index contributed by atoms with van der Waals surface area (Å²) in [6, 6.07) is 1.17. The summed E-state index contributed by atoms with van der Waals surface area (Å²) < 4.78 is 23.9. The van der Waals surface area contributed by atoms with Crippen molar-refractivity contribution >= 4 is 0 Å². The zero-order valence-electron chi connectivity index (χ0n) is 8.62. The third-order valence-electron chi connectivity index (χ3n) is 3.09. The molecular weight excluding hydrogens is 213 g/mol. The van der Waals surface area contributed by atoms with E-state index in [0.29, 0.717) is 17.1 Å². The van der Waals surface area contributed by atoms with Crippen molar-refractivity contribution in [1.82, 2.24) is 5.32 Å². The third-order valence-corrected chi connectivity index (χ3v) is 3.09. The molecule has 2 aliphatic rings. The van der Waals surface area contributed by atoms with E-state index in [1.807, 2.05) is 0 Å². The van der Waals surface area contributed by atoms with Gasteiger partial charge in [0.2, 0.25) is 6.79 Å². The second kappa shape index (κ2) is 3.52. The normalized spacial score (nSPS) is 22.7. The van der Waals surface area contributed by atoms with Gasteiger partial charge < -0.3 is 19.9 Å². The highest BCUT2D eigenvalue weighted by atomic mass is 19.1. The molecule has 0 spiro atoms. The molecule has 2 heterocycles. The highest BCUT2D eigenvalue weighted by Crippen LogP contribution is 2.46. The molecule has 1 fully saturated rings. The van der Waals surface area contributed by atoms with Gasteiger partial charge in [0.1, 0.15) is 0 Å². The number of phenols is 1. The Labute approximate surface area is 92.0 Å². The summed E-state index contributed by atoms with van der Waals surface area (Å²) in [4.78, 5) is 0. The van der Waals surface area contributed by atoms with E-state index in [9.17, 15) is 9.50 Å². The van der Waals surface area contributed by atoms with E-state index in [1.54, 1.807) is 0 Å². The molecule has 1 aromatic rings. The predicted molar refractivity (Wildman–Crippen MR) is 54.4 cm³/mol. The van der Waals surface area contributed by atoms with Crippen LogP contribution < -0.4 is 14.8 Å². The zero-order chi connectivity index (χ0) is 11.1. The molecule has 1 unspecified atom stereocenters. The number of hydrogen-bond acceptors (Lipinski definition) is 4. The van der Waals surface area contributed by atoms with Crippen molar-refractivity contribution in [1.29, 1.82) is 0 Å². The number of nitrogens with one attached hydrogen (secondary N) is 1. The summed E-state index contributed by atoms with van der Waals surface area (Å²) in [5, 5.41) is 13.0. The fourth-order valence-corrected chi connectivity index (χ4v) is 2.31. The Balaban J connectivity index is 2.14. The molecule has 0 saturated carbocycles. The molecule has 2 N–H and O–H groups in total. The van der Waals surface area contributed by atoms with Gasteiger partial charge in [-0.3, -0.25) is 0 Å². The van der Waals surface area contributed by atoms with Crippen molar-refractivity contribution < 1.29 is 19.0 Å². The first-order valence-corrected chi connectivity index (χ1v) is 5.29. The third kappa shape index (κ3) is 1.31. The minimum atomic E-state index is -0.647. The standard InChI is InChI=1S/C11H12FNO3/c12-7-3-8-11(16-5-15-8)9(10(7)14)6-1-2-13-4-6/h3,6,13-14H,1-2,4-5H2. The molecule has 16 heavy (non-hydrogen) atoms. The molecule has 86 valence electrons. The molecule has 4 nitrogen and oxygen atoms in total. The van der Waals surface area contributed by atoms with Crippen LogP contribution in [0.4, 0.5) is 4.39 Å². The lowest BCUT2D eigenvalue weighted by atomic mass is 9.95. The number of rotatable bonds is 1. The van der Waals surface area contributed by atoms with Crippen molar-refractivity contribution in [2.75, 3.05) is 19.9 Å². The Morgan fingerprint density at radius 2 is 2.31 bits per heavy atom. The van der Waals surface area contributed by atoms with Crippen LogP contribution in [0, 0.1) is 5.82 Å². The first kappa shape index (κ1) is 9.72. The SMILES string of the molecule is Oc1c(F)cc2c(c1C1CCNC1)OCO2. The van der Waals surface area contributed by atoms with E-state index in [1.165, 1.54) is 6.07 Å². The van der Waals surface area contributed by atoms with E-state index in [4.69, 9.17) is 9.47 Å². The molecule has 0 aromatic heterocycles. The van der Waals surface area contributed by atoms with Gasteiger partial charge in [0.05, 0.1) is 0 Å². The number of benzene rings is 1. The van der Waals surface area contributed by atoms with Gasteiger partial charge in [-0.15, -0.1) is 0 Å². The summed E-state index contributed by atoms with van der Waals surface area (Å²) in [6.45, 7) is 1.69. The van der Waals surface area contributed by atoms with Crippen LogP contribution in [0.3, 0.4) is 0 Å².